The van der Waals surface area contributed by atoms with Gasteiger partial charge in [-0.3, -0.25) is 0 Å². The Morgan fingerprint density at radius 2 is 1.76 bits per heavy atom. The second-order valence-electron chi connectivity index (χ2n) is 4.88. The number of anilines is 1. The van der Waals surface area contributed by atoms with E-state index in [1.165, 1.54) is 13.1 Å². The van der Waals surface area contributed by atoms with Crippen LogP contribution in [0.4, 0.5) is 5.69 Å². The fraction of sp³-hybridized carbons (Fsp3) is 0.538. The van der Waals surface area contributed by atoms with Crippen LogP contribution in [0.15, 0.2) is 29.2 Å². The Morgan fingerprint density at radius 1 is 1.14 bits per heavy atom. The molecule has 0 bridgehead atoms. The van der Waals surface area contributed by atoms with Gasteiger partial charge >= 0.3 is 0 Å². The highest BCUT2D eigenvalue weighted by Gasteiger charge is 2.24. The zero-order chi connectivity index (χ0) is 16.1. The van der Waals surface area contributed by atoms with E-state index in [0.717, 1.165) is 17.0 Å². The molecule has 1 aromatic rings. The van der Waals surface area contributed by atoms with Gasteiger partial charge in [0.15, 0.2) is 0 Å². The van der Waals surface area contributed by atoms with E-state index in [4.69, 9.17) is 0 Å². The normalized spacial score (nSPS) is 12.6. The van der Waals surface area contributed by atoms with Crippen molar-refractivity contribution in [2.75, 3.05) is 37.5 Å². The van der Waals surface area contributed by atoms with Gasteiger partial charge in [0, 0.05) is 26.4 Å². The summed E-state index contributed by atoms with van der Waals surface area (Å²) in [6.07, 6.45) is 1.96. The molecule has 0 unspecified atom stereocenters. The fourth-order valence-corrected chi connectivity index (χ4v) is 3.74. The molecule has 8 heteroatoms. The summed E-state index contributed by atoms with van der Waals surface area (Å²) in [4.78, 5) is 0.162. The zero-order valence-corrected chi connectivity index (χ0v) is 14.2. The Labute approximate surface area is 127 Å². The Balaban J connectivity index is 3.01. The highest BCUT2D eigenvalue weighted by atomic mass is 32.2. The second kappa shape index (κ2) is 7.24. The Bertz CT molecular complexity index is 669. The SMILES string of the molecule is CCCNc1ccccc1S(=O)(=O)N(C)CCS(C)(=O)=O. The first kappa shape index (κ1) is 17.9. The van der Waals surface area contributed by atoms with Gasteiger partial charge in [-0.15, -0.1) is 0 Å². The molecular formula is C13H22N2O4S2. The lowest BCUT2D eigenvalue weighted by Crippen LogP contribution is -2.32. The monoisotopic (exact) mass is 334 g/mol. The molecule has 0 atom stereocenters. The summed E-state index contributed by atoms with van der Waals surface area (Å²) in [6.45, 7) is 2.59. The third kappa shape index (κ3) is 5.29. The maximum Gasteiger partial charge on any atom is 0.244 e. The first-order valence-corrected chi connectivity index (χ1v) is 10.2. The van der Waals surface area contributed by atoms with Gasteiger partial charge in [-0.2, -0.15) is 4.31 Å². The molecule has 6 nitrogen and oxygen atoms in total. The number of rotatable bonds is 8. The lowest BCUT2D eigenvalue weighted by molar-refractivity contribution is 0.485. The number of sulfone groups is 1. The minimum atomic E-state index is -3.72. The van der Waals surface area contributed by atoms with Gasteiger partial charge in [0.05, 0.1) is 11.4 Å². The van der Waals surface area contributed by atoms with Gasteiger partial charge in [0.1, 0.15) is 14.7 Å². The van der Waals surface area contributed by atoms with E-state index in [1.807, 2.05) is 6.92 Å². The summed E-state index contributed by atoms with van der Waals surface area (Å²) >= 11 is 0. The lowest BCUT2D eigenvalue weighted by Gasteiger charge is -2.19. The zero-order valence-electron chi connectivity index (χ0n) is 12.5. The Hall–Kier alpha value is -1.12. The molecule has 0 aliphatic rings. The summed E-state index contributed by atoms with van der Waals surface area (Å²) in [7, 11) is -5.54. The van der Waals surface area contributed by atoms with Crippen LogP contribution >= 0.6 is 0 Å². The molecule has 1 rings (SSSR count). The summed E-state index contributed by atoms with van der Waals surface area (Å²) in [5, 5.41) is 3.07. The molecule has 120 valence electrons. The van der Waals surface area contributed by atoms with Crippen molar-refractivity contribution in [2.45, 2.75) is 18.2 Å². The van der Waals surface area contributed by atoms with E-state index in [-0.39, 0.29) is 17.2 Å². The number of sulfonamides is 1. The largest absolute Gasteiger partial charge is 0.384 e. The molecular weight excluding hydrogens is 312 g/mol. The molecule has 0 saturated carbocycles. The minimum absolute atomic E-state index is 0.0662. The molecule has 0 aliphatic carbocycles. The fourth-order valence-electron chi connectivity index (χ4n) is 1.68. The molecule has 0 spiro atoms. The number of benzene rings is 1. The molecule has 0 amide bonds. The molecule has 0 aromatic heterocycles. The summed E-state index contributed by atoms with van der Waals surface area (Å²) in [5.74, 6) is -0.201. The van der Waals surface area contributed by atoms with Crippen molar-refractivity contribution in [1.82, 2.24) is 4.31 Å². The summed E-state index contributed by atoms with van der Waals surface area (Å²) in [6, 6.07) is 6.62. The number of hydrogen-bond donors (Lipinski definition) is 1. The highest BCUT2D eigenvalue weighted by molar-refractivity contribution is 7.91. The third-order valence-corrected chi connectivity index (χ3v) is 5.76. The molecule has 0 fully saturated rings. The van der Waals surface area contributed by atoms with E-state index < -0.39 is 19.9 Å². The molecule has 0 heterocycles. The minimum Gasteiger partial charge on any atom is -0.384 e. The van der Waals surface area contributed by atoms with Gasteiger partial charge in [0.25, 0.3) is 0 Å². The van der Waals surface area contributed by atoms with Crippen LogP contribution in [0, 0.1) is 0 Å². The van der Waals surface area contributed by atoms with Gasteiger partial charge in [0.2, 0.25) is 10.0 Å². The molecule has 21 heavy (non-hydrogen) atoms. The van der Waals surface area contributed by atoms with Crippen molar-refractivity contribution in [1.29, 1.82) is 0 Å². The van der Waals surface area contributed by atoms with Crippen LogP contribution < -0.4 is 5.32 Å². The van der Waals surface area contributed by atoms with Crippen LogP contribution in [0.3, 0.4) is 0 Å². The van der Waals surface area contributed by atoms with Crippen LogP contribution in [0.5, 0.6) is 0 Å². The van der Waals surface area contributed by atoms with Crippen molar-refractivity contribution in [3.05, 3.63) is 24.3 Å². The van der Waals surface area contributed by atoms with E-state index in [0.29, 0.717) is 12.2 Å². The van der Waals surface area contributed by atoms with Gasteiger partial charge in [-0.1, -0.05) is 19.1 Å². The van der Waals surface area contributed by atoms with Crippen LogP contribution in [-0.2, 0) is 19.9 Å². The maximum absolute atomic E-state index is 12.5. The topological polar surface area (TPSA) is 83.6 Å². The van der Waals surface area contributed by atoms with Crippen LogP contribution in [0.1, 0.15) is 13.3 Å². The smallest absolute Gasteiger partial charge is 0.244 e. The second-order valence-corrected chi connectivity index (χ2v) is 9.15. The van der Waals surface area contributed by atoms with Gasteiger partial charge in [-0.05, 0) is 18.6 Å². The first-order valence-electron chi connectivity index (χ1n) is 6.65. The van der Waals surface area contributed by atoms with Crippen LogP contribution in [0.25, 0.3) is 0 Å². The number of nitrogens with zero attached hydrogens (tertiary/aromatic N) is 1. The van der Waals surface area contributed by atoms with Gasteiger partial charge in [-0.25, -0.2) is 16.8 Å². The molecule has 0 aliphatic heterocycles. The Morgan fingerprint density at radius 3 is 2.33 bits per heavy atom. The molecule has 0 saturated heterocycles. The number of nitrogens with one attached hydrogen (secondary N) is 1. The summed E-state index contributed by atoms with van der Waals surface area (Å²) < 4.78 is 48.5. The van der Waals surface area contributed by atoms with Crippen molar-refractivity contribution < 1.29 is 16.8 Å². The third-order valence-electron chi connectivity index (χ3n) is 2.92. The lowest BCUT2D eigenvalue weighted by atomic mass is 10.3. The Kier molecular flexibility index (Phi) is 6.18. The highest BCUT2D eigenvalue weighted by Crippen LogP contribution is 2.23. The maximum atomic E-state index is 12.5. The summed E-state index contributed by atoms with van der Waals surface area (Å²) in [5.41, 5.74) is 0.533. The molecule has 0 radical (unpaired) electrons. The van der Waals surface area contributed by atoms with Crippen molar-refractivity contribution in [3.63, 3.8) is 0 Å². The standard InChI is InChI=1S/C13H22N2O4S2/c1-4-9-14-12-7-5-6-8-13(12)21(18,19)15(2)10-11-20(3,16)17/h5-8,14H,4,9-11H2,1-3H3. The average Bonchev–Trinajstić information content (AvgIpc) is 2.41. The predicted molar refractivity (Wildman–Crippen MR) is 84.7 cm³/mol. The van der Waals surface area contributed by atoms with Crippen molar-refractivity contribution in [3.8, 4) is 0 Å². The van der Waals surface area contributed by atoms with Crippen LogP contribution in [0.2, 0.25) is 0 Å². The molecule has 1 aromatic carbocycles. The number of hydrogen-bond acceptors (Lipinski definition) is 5. The quantitative estimate of drug-likeness (QED) is 0.771. The van der Waals surface area contributed by atoms with Crippen molar-refractivity contribution >= 4 is 25.5 Å². The average molecular weight is 334 g/mol. The van der Waals surface area contributed by atoms with E-state index in [1.54, 1.807) is 18.2 Å². The van der Waals surface area contributed by atoms with Gasteiger partial charge < -0.3 is 5.32 Å². The van der Waals surface area contributed by atoms with E-state index in [9.17, 15) is 16.8 Å². The molecule has 1 N–H and O–H groups in total. The predicted octanol–water partition coefficient (Wildman–Crippen LogP) is 1.17. The van der Waals surface area contributed by atoms with E-state index >= 15 is 0 Å². The van der Waals surface area contributed by atoms with E-state index in [2.05, 4.69) is 5.32 Å². The number of para-hydroxylation sites is 1. The van der Waals surface area contributed by atoms with Crippen molar-refractivity contribution in [2.24, 2.45) is 0 Å². The van der Waals surface area contributed by atoms with Crippen LogP contribution in [-0.4, -0.2) is 53.3 Å². The first-order chi connectivity index (χ1) is 9.68.